The summed E-state index contributed by atoms with van der Waals surface area (Å²) < 4.78 is 25.5. The van der Waals surface area contributed by atoms with Gasteiger partial charge >= 0.3 is 0 Å². The van der Waals surface area contributed by atoms with E-state index in [4.69, 9.17) is 5.73 Å². The van der Waals surface area contributed by atoms with Crippen LogP contribution in [0.5, 0.6) is 0 Å². The quantitative estimate of drug-likeness (QED) is 0.726. The van der Waals surface area contributed by atoms with Crippen molar-refractivity contribution in [2.45, 2.75) is 38.3 Å². The molecule has 0 radical (unpaired) electrons. The van der Waals surface area contributed by atoms with Gasteiger partial charge in [-0.25, -0.2) is 8.42 Å². The van der Waals surface area contributed by atoms with Crippen LogP contribution in [0.25, 0.3) is 0 Å². The van der Waals surface area contributed by atoms with E-state index in [0.717, 1.165) is 19.3 Å². The average molecular weight is 232 g/mol. The van der Waals surface area contributed by atoms with Crippen molar-refractivity contribution >= 4 is 10.0 Å². The van der Waals surface area contributed by atoms with E-state index in [-0.39, 0.29) is 17.8 Å². The third-order valence-electron chi connectivity index (χ3n) is 2.88. The maximum atomic E-state index is 12.0. The summed E-state index contributed by atoms with van der Waals surface area (Å²) in [7, 11) is -3.21. The first-order valence-electron chi connectivity index (χ1n) is 5.35. The Morgan fingerprint density at radius 1 is 1.53 bits per heavy atom. The Morgan fingerprint density at radius 3 is 2.73 bits per heavy atom. The highest BCUT2D eigenvalue weighted by atomic mass is 32.2. The van der Waals surface area contributed by atoms with E-state index < -0.39 is 10.0 Å². The molecule has 2 N–H and O–H groups in total. The lowest BCUT2D eigenvalue weighted by atomic mass is 10.00. The molecule has 0 spiro atoms. The van der Waals surface area contributed by atoms with Crippen LogP contribution < -0.4 is 5.73 Å². The lowest BCUT2D eigenvalue weighted by molar-refractivity contribution is 0.196. The average Bonchev–Trinajstić information content (AvgIpc) is 2.16. The number of piperidine rings is 1. The first-order valence-corrected chi connectivity index (χ1v) is 6.96. The molecule has 5 heteroatoms. The zero-order valence-electron chi connectivity index (χ0n) is 9.22. The fourth-order valence-electron chi connectivity index (χ4n) is 2.22. The zero-order valence-corrected chi connectivity index (χ0v) is 10.0. The van der Waals surface area contributed by atoms with Crippen molar-refractivity contribution in [3.63, 3.8) is 0 Å². The van der Waals surface area contributed by atoms with Gasteiger partial charge in [0.15, 0.2) is 0 Å². The number of sulfonamides is 1. The van der Waals surface area contributed by atoms with Crippen LogP contribution in [0.3, 0.4) is 0 Å². The second-order valence-corrected chi connectivity index (χ2v) is 5.99. The first kappa shape index (κ1) is 12.7. The molecule has 2 atom stereocenters. The molecule has 0 amide bonds. The summed E-state index contributed by atoms with van der Waals surface area (Å²) in [5, 5.41) is 0. The zero-order chi connectivity index (χ0) is 11.5. The molecule has 88 valence electrons. The normalized spacial score (nSPS) is 28.9. The van der Waals surface area contributed by atoms with Gasteiger partial charge in [0, 0.05) is 18.6 Å². The second kappa shape index (κ2) is 5.09. The number of hydrogen-bond acceptors (Lipinski definition) is 3. The summed E-state index contributed by atoms with van der Waals surface area (Å²) in [6, 6.07) is 0.0379. The fourth-order valence-corrected chi connectivity index (χ4v) is 3.99. The van der Waals surface area contributed by atoms with E-state index in [1.807, 2.05) is 6.92 Å². The summed E-state index contributed by atoms with van der Waals surface area (Å²) in [6.45, 7) is 5.83. The molecule has 1 rings (SSSR count). The molecule has 1 saturated heterocycles. The van der Waals surface area contributed by atoms with Crippen LogP contribution in [-0.4, -0.2) is 37.1 Å². The molecule has 0 aromatic heterocycles. The minimum absolute atomic E-state index is 0.00778. The van der Waals surface area contributed by atoms with E-state index in [1.54, 1.807) is 4.31 Å². The van der Waals surface area contributed by atoms with Crippen molar-refractivity contribution in [2.75, 3.05) is 12.3 Å². The maximum Gasteiger partial charge on any atom is 0.218 e. The van der Waals surface area contributed by atoms with E-state index in [0.29, 0.717) is 6.54 Å². The Balaban J connectivity index is 2.91. The monoisotopic (exact) mass is 232 g/mol. The maximum absolute atomic E-state index is 12.0. The van der Waals surface area contributed by atoms with Gasteiger partial charge < -0.3 is 5.73 Å². The van der Waals surface area contributed by atoms with Crippen molar-refractivity contribution in [1.29, 1.82) is 0 Å². The van der Waals surface area contributed by atoms with Crippen LogP contribution in [-0.2, 0) is 10.0 Å². The van der Waals surface area contributed by atoms with E-state index in [1.165, 1.54) is 6.08 Å². The summed E-state index contributed by atoms with van der Waals surface area (Å²) in [5.74, 6) is 0.00778. The number of nitrogens with two attached hydrogens (primary N) is 1. The molecule has 0 bridgehead atoms. The van der Waals surface area contributed by atoms with Gasteiger partial charge in [-0.2, -0.15) is 4.31 Å². The van der Waals surface area contributed by atoms with Crippen LogP contribution >= 0.6 is 0 Å². The van der Waals surface area contributed by atoms with Crippen molar-refractivity contribution in [2.24, 2.45) is 5.73 Å². The smallest absolute Gasteiger partial charge is 0.218 e. The Morgan fingerprint density at radius 2 is 2.20 bits per heavy atom. The number of hydrogen-bond donors (Lipinski definition) is 1. The van der Waals surface area contributed by atoms with Gasteiger partial charge in [-0.05, 0) is 19.8 Å². The molecular weight excluding hydrogens is 212 g/mol. The van der Waals surface area contributed by atoms with Crippen molar-refractivity contribution < 1.29 is 8.42 Å². The molecule has 4 nitrogen and oxygen atoms in total. The standard InChI is InChI=1S/C10H20N2O2S/c1-3-7-15(13,14)12-9(2)5-4-6-10(12)8-11/h3,9-10H,1,4-8,11H2,2H3. The Kier molecular flexibility index (Phi) is 4.31. The largest absolute Gasteiger partial charge is 0.329 e. The molecule has 2 unspecified atom stereocenters. The van der Waals surface area contributed by atoms with Crippen molar-refractivity contribution in [3.05, 3.63) is 12.7 Å². The Hall–Kier alpha value is -0.390. The first-order chi connectivity index (χ1) is 7.03. The SMILES string of the molecule is C=CCS(=O)(=O)N1C(C)CCCC1CN. The molecule has 1 heterocycles. The Labute approximate surface area is 92.2 Å². The van der Waals surface area contributed by atoms with Gasteiger partial charge in [-0.15, -0.1) is 6.58 Å². The van der Waals surface area contributed by atoms with Crippen LogP contribution in [0.1, 0.15) is 26.2 Å². The summed E-state index contributed by atoms with van der Waals surface area (Å²) >= 11 is 0. The molecule has 0 saturated carbocycles. The third-order valence-corrected chi connectivity index (χ3v) is 4.83. The number of rotatable bonds is 4. The summed E-state index contributed by atoms with van der Waals surface area (Å²) in [5.41, 5.74) is 5.62. The molecule has 15 heavy (non-hydrogen) atoms. The van der Waals surface area contributed by atoms with Gasteiger partial charge in [0.2, 0.25) is 10.0 Å². The predicted molar refractivity (Wildman–Crippen MR) is 62.0 cm³/mol. The fraction of sp³-hybridized carbons (Fsp3) is 0.800. The van der Waals surface area contributed by atoms with Gasteiger partial charge in [-0.3, -0.25) is 0 Å². The highest BCUT2D eigenvalue weighted by Crippen LogP contribution is 2.25. The predicted octanol–water partition coefficient (Wildman–Crippen LogP) is 0.704. The van der Waals surface area contributed by atoms with Crippen molar-refractivity contribution in [3.8, 4) is 0 Å². The van der Waals surface area contributed by atoms with Gasteiger partial charge in [0.05, 0.1) is 5.75 Å². The second-order valence-electron chi connectivity index (χ2n) is 4.07. The van der Waals surface area contributed by atoms with E-state index in [2.05, 4.69) is 6.58 Å². The highest BCUT2D eigenvalue weighted by molar-refractivity contribution is 7.89. The molecule has 0 aromatic rings. The van der Waals surface area contributed by atoms with Gasteiger partial charge in [-0.1, -0.05) is 12.5 Å². The molecule has 1 aliphatic rings. The molecule has 0 aliphatic carbocycles. The van der Waals surface area contributed by atoms with Crippen LogP contribution in [0.2, 0.25) is 0 Å². The topological polar surface area (TPSA) is 63.4 Å². The third kappa shape index (κ3) is 2.80. The summed E-state index contributed by atoms with van der Waals surface area (Å²) in [4.78, 5) is 0. The van der Waals surface area contributed by atoms with Crippen LogP contribution in [0, 0.1) is 0 Å². The van der Waals surface area contributed by atoms with Crippen molar-refractivity contribution in [1.82, 2.24) is 4.31 Å². The molecule has 1 aliphatic heterocycles. The minimum Gasteiger partial charge on any atom is -0.329 e. The molecular formula is C10H20N2O2S. The minimum atomic E-state index is -3.21. The van der Waals surface area contributed by atoms with Gasteiger partial charge in [0.1, 0.15) is 0 Å². The van der Waals surface area contributed by atoms with E-state index >= 15 is 0 Å². The Bertz CT molecular complexity index is 313. The van der Waals surface area contributed by atoms with E-state index in [9.17, 15) is 8.42 Å². The lowest BCUT2D eigenvalue weighted by Crippen LogP contribution is -2.52. The number of nitrogens with zero attached hydrogens (tertiary/aromatic N) is 1. The highest BCUT2D eigenvalue weighted by Gasteiger charge is 2.35. The van der Waals surface area contributed by atoms with Crippen LogP contribution in [0.15, 0.2) is 12.7 Å². The molecule has 1 fully saturated rings. The summed E-state index contributed by atoms with van der Waals surface area (Å²) in [6.07, 6.45) is 4.29. The lowest BCUT2D eigenvalue weighted by Gasteiger charge is -2.38. The van der Waals surface area contributed by atoms with Crippen LogP contribution in [0.4, 0.5) is 0 Å². The van der Waals surface area contributed by atoms with Gasteiger partial charge in [0.25, 0.3) is 0 Å². The molecule has 0 aromatic carbocycles.